The predicted molar refractivity (Wildman–Crippen MR) is 103 cm³/mol. The first-order valence-corrected chi connectivity index (χ1v) is 11.1. The molecule has 0 bridgehead atoms. The molecule has 2 fully saturated rings. The van der Waals surface area contributed by atoms with Gasteiger partial charge >= 0.3 is 0 Å². The van der Waals surface area contributed by atoms with Gasteiger partial charge in [0, 0.05) is 25.8 Å². The van der Waals surface area contributed by atoms with Gasteiger partial charge in [-0.15, -0.1) is 4.21 Å². The molecular weight excluding hydrogens is 370 g/mol. The predicted octanol–water partition coefficient (Wildman–Crippen LogP) is 0.438. The highest BCUT2D eigenvalue weighted by Crippen LogP contribution is 2.39. The van der Waals surface area contributed by atoms with Crippen molar-refractivity contribution in [2.45, 2.75) is 0 Å². The Morgan fingerprint density at radius 1 is 1.07 bits per heavy atom. The van der Waals surface area contributed by atoms with Gasteiger partial charge in [-0.3, -0.25) is 4.79 Å². The number of rotatable bonds is 2. The van der Waals surface area contributed by atoms with E-state index < -0.39 is 10.2 Å². The number of anilines is 2. The third-order valence-electron chi connectivity index (χ3n) is 5.38. The van der Waals surface area contributed by atoms with Gasteiger partial charge in [-0.05, 0) is 12.1 Å². The molecule has 0 atom stereocenters. The number of fused-ring (bicyclic) bond motifs is 1. The highest BCUT2D eigenvalue weighted by Gasteiger charge is 2.32. The molecule has 8 nitrogen and oxygen atoms in total. The van der Waals surface area contributed by atoms with E-state index in [1.165, 1.54) is 0 Å². The Labute approximate surface area is 160 Å². The molecule has 3 heterocycles. The Balaban J connectivity index is 1.68. The smallest absolute Gasteiger partial charge is 0.258 e. The number of likely N-dealkylation sites (N-methyl/N-ethyl adjacent to an activating group) is 1. The third-order valence-corrected chi connectivity index (χ3v) is 6.99. The number of carbonyl (C=O) groups excluding carboxylic acids is 1. The second-order valence-corrected chi connectivity index (χ2v) is 9.46. The molecule has 1 aromatic rings. The fraction of sp³-hybridized carbons (Fsp3) is 0.611. The van der Waals surface area contributed by atoms with Crippen LogP contribution in [0.3, 0.4) is 0 Å². The second kappa shape index (κ2) is 7.29. The van der Waals surface area contributed by atoms with E-state index >= 15 is 0 Å². The molecule has 0 N–H and O–H groups in total. The van der Waals surface area contributed by atoms with Crippen molar-refractivity contribution in [3.05, 3.63) is 17.7 Å². The molecule has 27 heavy (non-hydrogen) atoms. The number of morpholine rings is 1. The highest BCUT2D eigenvalue weighted by atomic mass is 32.3. The number of benzene rings is 1. The molecule has 4 rings (SSSR count). The van der Waals surface area contributed by atoms with Crippen molar-refractivity contribution in [3.63, 3.8) is 0 Å². The van der Waals surface area contributed by atoms with Crippen molar-refractivity contribution in [2.75, 3.05) is 80.9 Å². The molecular formula is C18H25N3O5S. The summed E-state index contributed by atoms with van der Waals surface area (Å²) in [6.45, 7) is 4.62. The lowest BCUT2D eigenvalue weighted by atomic mass is 10.1. The average Bonchev–Trinajstić information content (AvgIpc) is 2.68. The molecule has 0 aromatic heterocycles. The summed E-state index contributed by atoms with van der Waals surface area (Å²) < 4.78 is 34.7. The van der Waals surface area contributed by atoms with Gasteiger partial charge in [-0.2, -0.15) is 0 Å². The Kier molecular flexibility index (Phi) is 5.00. The van der Waals surface area contributed by atoms with E-state index in [4.69, 9.17) is 9.47 Å². The first-order valence-electron chi connectivity index (χ1n) is 9.29. The molecule has 3 aliphatic rings. The maximum atomic E-state index is 13.2. The lowest BCUT2D eigenvalue weighted by Crippen LogP contribution is -2.46. The molecule has 0 aliphatic carbocycles. The van der Waals surface area contributed by atoms with Gasteiger partial charge in [0.05, 0.1) is 54.3 Å². The van der Waals surface area contributed by atoms with Gasteiger partial charge < -0.3 is 28.7 Å². The SMILES string of the molecule is CN1CCOc2c(C(=O)N3CC[S+](=O)([O-])CC3)cc(N3CCOCC3)cc21. The third kappa shape index (κ3) is 3.76. The summed E-state index contributed by atoms with van der Waals surface area (Å²) in [5.41, 5.74) is 2.39. The van der Waals surface area contributed by atoms with Crippen molar-refractivity contribution in [2.24, 2.45) is 0 Å². The number of ether oxygens (including phenoxy) is 2. The van der Waals surface area contributed by atoms with Gasteiger partial charge in [0.2, 0.25) is 0 Å². The van der Waals surface area contributed by atoms with Gasteiger partial charge in [0.15, 0.2) is 5.75 Å². The summed E-state index contributed by atoms with van der Waals surface area (Å²) in [7, 11) is -1.05. The second-order valence-electron chi connectivity index (χ2n) is 7.16. The zero-order chi connectivity index (χ0) is 19.0. The van der Waals surface area contributed by atoms with Crippen LogP contribution in [0.5, 0.6) is 5.75 Å². The lowest BCUT2D eigenvalue weighted by molar-refractivity contribution is 0.0764. The van der Waals surface area contributed by atoms with Crippen molar-refractivity contribution in [1.82, 2.24) is 4.90 Å². The number of hydrogen-bond acceptors (Lipinski definition) is 7. The largest absolute Gasteiger partial charge is 0.615 e. The quantitative estimate of drug-likeness (QED) is 0.672. The molecule has 0 radical (unpaired) electrons. The van der Waals surface area contributed by atoms with E-state index in [2.05, 4.69) is 15.9 Å². The van der Waals surface area contributed by atoms with Crippen molar-refractivity contribution in [3.8, 4) is 5.75 Å². The molecule has 0 saturated carbocycles. The zero-order valence-corrected chi connectivity index (χ0v) is 16.3. The summed E-state index contributed by atoms with van der Waals surface area (Å²) in [5.74, 6) is 0.473. The highest BCUT2D eigenvalue weighted by molar-refractivity contribution is 7.97. The molecule has 0 spiro atoms. The Bertz CT molecular complexity index is 769. The molecule has 2 saturated heterocycles. The van der Waals surface area contributed by atoms with Crippen LogP contribution in [0, 0.1) is 0 Å². The molecule has 1 amide bonds. The summed E-state index contributed by atoms with van der Waals surface area (Å²) >= 11 is 0. The van der Waals surface area contributed by atoms with E-state index in [-0.39, 0.29) is 30.5 Å². The minimum atomic E-state index is -3.04. The number of carbonyl (C=O) groups is 1. The Morgan fingerprint density at radius 3 is 2.48 bits per heavy atom. The minimum Gasteiger partial charge on any atom is -0.615 e. The topological polar surface area (TPSA) is 85.4 Å². The fourth-order valence-corrected chi connectivity index (χ4v) is 4.89. The lowest BCUT2D eigenvalue weighted by Gasteiger charge is -2.35. The average molecular weight is 395 g/mol. The van der Waals surface area contributed by atoms with Crippen LogP contribution >= 0.6 is 0 Å². The minimum absolute atomic E-state index is 0.0187. The van der Waals surface area contributed by atoms with Crippen molar-refractivity contribution in [1.29, 1.82) is 0 Å². The van der Waals surface area contributed by atoms with Gasteiger partial charge in [0.1, 0.15) is 18.1 Å². The van der Waals surface area contributed by atoms with Crippen LogP contribution in [0.4, 0.5) is 11.4 Å². The molecule has 0 unspecified atom stereocenters. The first kappa shape index (κ1) is 18.5. The summed E-state index contributed by atoms with van der Waals surface area (Å²) in [4.78, 5) is 19.1. The van der Waals surface area contributed by atoms with Crippen molar-refractivity contribution < 1.29 is 23.0 Å². The fourth-order valence-electron chi connectivity index (χ4n) is 3.69. The van der Waals surface area contributed by atoms with Gasteiger partial charge in [-0.1, -0.05) is 0 Å². The number of amides is 1. The Hall–Kier alpha value is -1.84. The number of hydrogen-bond donors (Lipinski definition) is 0. The van der Waals surface area contributed by atoms with Crippen LogP contribution in [0.15, 0.2) is 12.1 Å². The van der Waals surface area contributed by atoms with Crippen LogP contribution in [0.1, 0.15) is 10.4 Å². The van der Waals surface area contributed by atoms with Gasteiger partial charge in [0.25, 0.3) is 5.91 Å². The van der Waals surface area contributed by atoms with E-state index in [0.29, 0.717) is 31.1 Å². The van der Waals surface area contributed by atoms with E-state index in [0.717, 1.165) is 31.0 Å². The van der Waals surface area contributed by atoms with Gasteiger partial charge in [-0.25, -0.2) is 0 Å². The standard InChI is InChI=1S/C18H25N3O5S/c1-19-2-9-26-17-15(18(22)21-5-10-27(23,24)11-6-21)12-14(13-16(17)19)20-3-7-25-8-4-20/h12-13H,2-11H2,1H3. The van der Waals surface area contributed by atoms with Crippen LogP contribution in [-0.2, 0) is 19.2 Å². The number of nitrogens with zero attached hydrogens (tertiary/aromatic N) is 3. The van der Waals surface area contributed by atoms with Crippen molar-refractivity contribution >= 4 is 27.5 Å². The molecule has 9 heteroatoms. The van der Waals surface area contributed by atoms with E-state index in [1.807, 2.05) is 13.1 Å². The molecule has 1 aromatic carbocycles. The van der Waals surface area contributed by atoms with Crippen LogP contribution < -0.4 is 14.5 Å². The normalized spacial score (nSPS) is 22.2. The van der Waals surface area contributed by atoms with E-state index in [9.17, 15) is 13.6 Å². The van der Waals surface area contributed by atoms with Crippen LogP contribution in [0.2, 0.25) is 0 Å². The zero-order valence-electron chi connectivity index (χ0n) is 15.5. The maximum Gasteiger partial charge on any atom is 0.258 e. The number of sulfone groups is 1. The summed E-state index contributed by atoms with van der Waals surface area (Å²) in [5, 5.41) is 0. The summed E-state index contributed by atoms with van der Waals surface area (Å²) in [6, 6.07) is 3.95. The Morgan fingerprint density at radius 2 is 1.78 bits per heavy atom. The molecule has 3 aliphatic heterocycles. The van der Waals surface area contributed by atoms with E-state index in [1.54, 1.807) is 4.90 Å². The maximum absolute atomic E-state index is 13.2. The molecule has 148 valence electrons. The van der Waals surface area contributed by atoms with Crippen LogP contribution in [0.25, 0.3) is 0 Å². The monoisotopic (exact) mass is 395 g/mol. The summed E-state index contributed by atoms with van der Waals surface area (Å²) in [6.07, 6.45) is 0. The van der Waals surface area contributed by atoms with Crippen LogP contribution in [-0.4, -0.2) is 86.5 Å². The first-order chi connectivity index (χ1) is 12.9.